The molecule has 1 aliphatic rings. The van der Waals surface area contributed by atoms with Crippen LogP contribution in [-0.2, 0) is 13.0 Å². The summed E-state index contributed by atoms with van der Waals surface area (Å²) in [4.78, 5) is 18.2. The van der Waals surface area contributed by atoms with Crippen LogP contribution in [-0.4, -0.2) is 46.4 Å². The van der Waals surface area contributed by atoms with Gasteiger partial charge in [0.2, 0.25) is 5.95 Å². The number of nitrogens with one attached hydrogen (secondary N) is 1. The molecule has 1 aromatic carbocycles. The van der Waals surface area contributed by atoms with E-state index in [0.29, 0.717) is 30.9 Å². The average molecular weight is 519 g/mol. The Kier molecular flexibility index (Phi) is 9.15. The summed E-state index contributed by atoms with van der Waals surface area (Å²) in [6.45, 7) is 10.1. The van der Waals surface area contributed by atoms with Gasteiger partial charge in [0.1, 0.15) is 0 Å². The number of rotatable bonds is 7. The molecule has 1 aliphatic heterocycles. The van der Waals surface area contributed by atoms with Gasteiger partial charge < -0.3 is 19.9 Å². The molecule has 0 atom stereocenters. The lowest BCUT2D eigenvalue weighted by atomic mass is 10.1. The first kappa shape index (κ1) is 26.2. The van der Waals surface area contributed by atoms with Gasteiger partial charge >= 0.3 is 12.1 Å². The van der Waals surface area contributed by atoms with Crippen molar-refractivity contribution in [3.8, 4) is 0 Å². The Labute approximate surface area is 195 Å². The number of anilines is 2. The third kappa shape index (κ3) is 6.48. The highest BCUT2D eigenvalue weighted by molar-refractivity contribution is 9.10. The molecular weight excluding hydrogens is 489 g/mol. The molecule has 10 heteroatoms. The van der Waals surface area contributed by atoms with Gasteiger partial charge in [-0.05, 0) is 66.4 Å². The quantitative estimate of drug-likeness (QED) is 0.466. The number of aromatic carboxylic acids is 1. The Morgan fingerprint density at radius 3 is 2.44 bits per heavy atom. The molecule has 0 bridgehead atoms. The fraction of sp³-hybridized carbons (Fsp3) is 0.545. The van der Waals surface area contributed by atoms with E-state index in [9.17, 15) is 23.1 Å². The molecule has 2 heterocycles. The maximum atomic E-state index is 11.5. The van der Waals surface area contributed by atoms with Crippen molar-refractivity contribution in [1.82, 2.24) is 14.9 Å². The lowest BCUT2D eigenvalue weighted by Crippen LogP contribution is -2.22. The molecule has 2 aromatic rings. The number of carbonyl (C=O) groups is 1. The minimum atomic E-state index is -4.01. The summed E-state index contributed by atoms with van der Waals surface area (Å²) in [6.07, 6.45) is -3.25. The van der Waals surface area contributed by atoms with Crippen molar-refractivity contribution in [1.29, 1.82) is 0 Å². The molecule has 0 spiro atoms. The summed E-state index contributed by atoms with van der Waals surface area (Å²) < 4.78 is 37.2. The standard InChI is InChI=1S/C16H18BrN3O2.C6H12F3N/c1-4-12-14(15(21)22)20-6-5-19(16(20)18-12)13-10(3)7-9(2)8-11(13)17;1-2-4-10-5-3-6(7,8)9/h7-8H,4-6H2,1-3H3,(H,21,22);10H,2-5H2,1H3. The second-order valence-corrected chi connectivity index (χ2v) is 8.55. The number of alkyl halides is 3. The molecule has 2 N–H and O–H groups in total. The van der Waals surface area contributed by atoms with E-state index >= 15 is 0 Å². The number of hydrogen-bond acceptors (Lipinski definition) is 4. The summed E-state index contributed by atoms with van der Waals surface area (Å²) in [6, 6.07) is 4.21. The van der Waals surface area contributed by atoms with Gasteiger partial charge in [-0.3, -0.25) is 0 Å². The van der Waals surface area contributed by atoms with Crippen LogP contribution in [0.15, 0.2) is 16.6 Å². The van der Waals surface area contributed by atoms with Crippen molar-refractivity contribution >= 4 is 33.5 Å². The SMILES string of the molecule is CCCNCCC(F)(F)F.CCc1nc2n(c1C(=O)O)CCN2c1c(C)cc(C)cc1Br. The Balaban J connectivity index is 0.000000309. The Morgan fingerprint density at radius 1 is 1.22 bits per heavy atom. The predicted molar refractivity (Wildman–Crippen MR) is 123 cm³/mol. The summed E-state index contributed by atoms with van der Waals surface area (Å²) in [5, 5.41) is 12.1. The second kappa shape index (κ2) is 11.2. The smallest absolute Gasteiger partial charge is 0.390 e. The van der Waals surface area contributed by atoms with Crippen molar-refractivity contribution in [2.75, 3.05) is 24.5 Å². The van der Waals surface area contributed by atoms with Gasteiger partial charge in [0.05, 0.1) is 17.8 Å². The first-order valence-corrected chi connectivity index (χ1v) is 11.4. The number of fused-ring (bicyclic) bond motifs is 1. The van der Waals surface area contributed by atoms with Crippen molar-refractivity contribution in [3.63, 3.8) is 0 Å². The van der Waals surface area contributed by atoms with E-state index in [0.717, 1.165) is 34.6 Å². The fourth-order valence-corrected chi connectivity index (χ4v) is 4.57. The second-order valence-electron chi connectivity index (χ2n) is 7.70. The third-order valence-electron chi connectivity index (χ3n) is 5.03. The van der Waals surface area contributed by atoms with Crippen LogP contribution in [0.25, 0.3) is 0 Å². The van der Waals surface area contributed by atoms with Crippen LogP contribution >= 0.6 is 15.9 Å². The maximum absolute atomic E-state index is 11.5. The zero-order valence-electron chi connectivity index (χ0n) is 18.8. The minimum Gasteiger partial charge on any atom is -0.477 e. The molecular formula is C22H30BrF3N4O2. The monoisotopic (exact) mass is 518 g/mol. The zero-order chi connectivity index (χ0) is 24.1. The highest BCUT2D eigenvalue weighted by Gasteiger charge is 2.31. The number of benzene rings is 1. The van der Waals surface area contributed by atoms with Crippen molar-refractivity contribution in [3.05, 3.63) is 39.1 Å². The minimum absolute atomic E-state index is 0.0390. The van der Waals surface area contributed by atoms with Gasteiger partial charge in [-0.1, -0.05) is 19.9 Å². The number of aromatic nitrogens is 2. The van der Waals surface area contributed by atoms with E-state index in [4.69, 9.17) is 0 Å². The number of hydrogen-bond donors (Lipinski definition) is 2. The first-order valence-electron chi connectivity index (χ1n) is 10.6. The van der Waals surface area contributed by atoms with E-state index < -0.39 is 18.6 Å². The average Bonchev–Trinajstić information content (AvgIpc) is 3.23. The van der Waals surface area contributed by atoms with Crippen molar-refractivity contribution < 1.29 is 23.1 Å². The summed E-state index contributed by atoms with van der Waals surface area (Å²) in [5.74, 6) is -0.181. The molecule has 1 aromatic heterocycles. The number of nitrogens with zero attached hydrogens (tertiary/aromatic N) is 3. The molecule has 0 saturated carbocycles. The van der Waals surface area contributed by atoms with Gasteiger partial charge in [-0.25, -0.2) is 9.78 Å². The number of carboxylic acids is 1. The van der Waals surface area contributed by atoms with Gasteiger partial charge in [0.25, 0.3) is 0 Å². The molecule has 0 fully saturated rings. The van der Waals surface area contributed by atoms with Crippen LogP contribution in [0.4, 0.5) is 24.8 Å². The van der Waals surface area contributed by atoms with E-state index in [1.165, 1.54) is 5.56 Å². The predicted octanol–water partition coefficient (Wildman–Crippen LogP) is 5.61. The van der Waals surface area contributed by atoms with E-state index in [-0.39, 0.29) is 6.54 Å². The Hall–Kier alpha value is -2.07. The molecule has 6 nitrogen and oxygen atoms in total. The van der Waals surface area contributed by atoms with Crippen LogP contribution in [0.2, 0.25) is 0 Å². The molecule has 0 unspecified atom stereocenters. The highest BCUT2D eigenvalue weighted by Crippen LogP contribution is 2.39. The van der Waals surface area contributed by atoms with Crippen LogP contribution in [0.3, 0.4) is 0 Å². The first-order chi connectivity index (χ1) is 15.0. The van der Waals surface area contributed by atoms with Crippen LogP contribution in [0.1, 0.15) is 54.0 Å². The number of aryl methyl sites for hydroxylation is 3. The molecule has 0 saturated heterocycles. The normalized spacial score (nSPS) is 13.1. The Morgan fingerprint density at radius 2 is 1.91 bits per heavy atom. The lowest BCUT2D eigenvalue weighted by Gasteiger charge is -2.21. The fourth-order valence-electron chi connectivity index (χ4n) is 3.69. The molecule has 0 amide bonds. The van der Waals surface area contributed by atoms with Crippen LogP contribution < -0.4 is 10.2 Å². The number of carboxylic acid groups (broad SMARTS) is 1. The highest BCUT2D eigenvalue weighted by atomic mass is 79.9. The van der Waals surface area contributed by atoms with E-state index in [2.05, 4.69) is 57.1 Å². The molecule has 32 heavy (non-hydrogen) atoms. The van der Waals surface area contributed by atoms with Crippen LogP contribution in [0, 0.1) is 13.8 Å². The molecule has 0 radical (unpaired) electrons. The topological polar surface area (TPSA) is 70.4 Å². The molecule has 0 aliphatic carbocycles. The largest absolute Gasteiger partial charge is 0.477 e. The van der Waals surface area contributed by atoms with Crippen molar-refractivity contribution in [2.24, 2.45) is 0 Å². The molecule has 178 valence electrons. The number of halogens is 4. The zero-order valence-corrected chi connectivity index (χ0v) is 20.4. The molecule has 3 rings (SSSR count). The maximum Gasteiger partial charge on any atom is 0.390 e. The number of imidazole rings is 1. The summed E-state index contributed by atoms with van der Waals surface area (Å²) >= 11 is 3.64. The van der Waals surface area contributed by atoms with E-state index in [1.54, 1.807) is 0 Å². The van der Waals surface area contributed by atoms with E-state index in [1.807, 2.05) is 18.4 Å². The summed E-state index contributed by atoms with van der Waals surface area (Å²) in [5.41, 5.74) is 4.37. The third-order valence-corrected chi connectivity index (χ3v) is 5.63. The van der Waals surface area contributed by atoms with Gasteiger partial charge in [-0.15, -0.1) is 0 Å². The Bertz CT molecular complexity index is 921. The van der Waals surface area contributed by atoms with Gasteiger partial charge in [-0.2, -0.15) is 13.2 Å². The van der Waals surface area contributed by atoms with Crippen LogP contribution in [0.5, 0.6) is 0 Å². The van der Waals surface area contributed by atoms with Gasteiger partial charge in [0.15, 0.2) is 5.69 Å². The van der Waals surface area contributed by atoms with Gasteiger partial charge in [0, 0.05) is 24.1 Å². The summed E-state index contributed by atoms with van der Waals surface area (Å²) in [7, 11) is 0. The lowest BCUT2D eigenvalue weighted by molar-refractivity contribution is -0.133. The van der Waals surface area contributed by atoms with Crippen molar-refractivity contribution in [2.45, 2.75) is 59.7 Å².